The lowest BCUT2D eigenvalue weighted by molar-refractivity contribution is 0.731. The first-order chi connectivity index (χ1) is 7.95. The molecule has 1 heteroatoms. The summed E-state index contributed by atoms with van der Waals surface area (Å²) >= 11 is 0. The number of benzene rings is 1. The first-order valence-corrected chi connectivity index (χ1v) is 5.59. The molecular weight excluding hydrogens is 194 g/mol. The summed E-state index contributed by atoms with van der Waals surface area (Å²) in [6, 6.07) is 10.6. The fourth-order valence-electron chi connectivity index (χ4n) is 2.32. The molecule has 16 heavy (non-hydrogen) atoms. The van der Waals surface area contributed by atoms with E-state index in [2.05, 4.69) is 65.7 Å². The van der Waals surface area contributed by atoms with Gasteiger partial charge in [0, 0.05) is 23.7 Å². The summed E-state index contributed by atoms with van der Waals surface area (Å²) in [5.74, 6) is 0.826. The molecule has 3 rings (SSSR count). The number of rotatable bonds is 1. The Morgan fingerprint density at radius 2 is 1.75 bits per heavy atom. The Morgan fingerprint density at radius 1 is 0.875 bits per heavy atom. The Labute approximate surface area is 95.5 Å². The molecule has 1 aromatic rings. The van der Waals surface area contributed by atoms with E-state index in [-0.39, 0.29) is 0 Å². The maximum absolute atomic E-state index is 4.43. The van der Waals surface area contributed by atoms with Gasteiger partial charge in [0.25, 0.3) is 0 Å². The van der Waals surface area contributed by atoms with Gasteiger partial charge < -0.3 is 0 Å². The second-order valence-corrected chi connectivity index (χ2v) is 4.10. The van der Waals surface area contributed by atoms with Gasteiger partial charge in [0.15, 0.2) is 0 Å². The fraction of sp³-hybridized carbons (Fsp3) is 0.133. The van der Waals surface area contributed by atoms with Gasteiger partial charge in [0.05, 0.1) is 0 Å². The molecular formula is C15H13N. The number of hydrogen-bond donors (Lipinski definition) is 0. The molecule has 1 nitrogen and oxygen atoms in total. The van der Waals surface area contributed by atoms with Gasteiger partial charge in [-0.25, -0.2) is 0 Å². The number of nitrogens with zero attached hydrogens (tertiary/aromatic N) is 1. The zero-order valence-electron chi connectivity index (χ0n) is 8.95. The monoisotopic (exact) mass is 207 g/mol. The Hall–Kier alpha value is -1.89. The molecule has 1 aromatic carbocycles. The van der Waals surface area contributed by atoms with Crippen molar-refractivity contribution in [2.45, 2.75) is 5.92 Å². The van der Waals surface area contributed by atoms with Crippen LogP contribution in [-0.2, 0) is 0 Å². The third kappa shape index (κ3) is 1.54. The smallest absolute Gasteiger partial charge is 0.0481 e. The van der Waals surface area contributed by atoms with Gasteiger partial charge in [0.2, 0.25) is 0 Å². The molecule has 0 radical (unpaired) electrons. The maximum atomic E-state index is 4.43. The van der Waals surface area contributed by atoms with Crippen molar-refractivity contribution in [3.63, 3.8) is 0 Å². The molecule has 0 N–H and O–H groups in total. The largest absolute Gasteiger partial charge is 0.261 e. The number of aliphatic imine (C=N–C) groups is 1. The molecule has 2 unspecified atom stereocenters. The molecule has 1 aliphatic carbocycles. The van der Waals surface area contributed by atoms with E-state index < -0.39 is 0 Å². The molecule has 0 fully saturated rings. The highest BCUT2D eigenvalue weighted by molar-refractivity contribution is 6.01. The van der Waals surface area contributed by atoms with Gasteiger partial charge in [-0.1, -0.05) is 54.6 Å². The van der Waals surface area contributed by atoms with Crippen molar-refractivity contribution in [2.75, 3.05) is 0 Å². The third-order valence-corrected chi connectivity index (χ3v) is 3.13. The molecule has 0 saturated carbocycles. The Morgan fingerprint density at radius 3 is 2.62 bits per heavy atom. The van der Waals surface area contributed by atoms with Crippen LogP contribution in [0, 0.1) is 5.92 Å². The highest BCUT2D eigenvalue weighted by atomic mass is 14.7. The van der Waals surface area contributed by atoms with E-state index in [9.17, 15) is 0 Å². The van der Waals surface area contributed by atoms with Gasteiger partial charge in [-0.05, 0) is 11.6 Å². The van der Waals surface area contributed by atoms with Crippen molar-refractivity contribution in [1.29, 1.82) is 0 Å². The third-order valence-electron chi connectivity index (χ3n) is 3.13. The second kappa shape index (κ2) is 3.93. The van der Waals surface area contributed by atoms with Crippen molar-refractivity contribution in [3.05, 3.63) is 72.5 Å². The van der Waals surface area contributed by atoms with Crippen LogP contribution in [0.3, 0.4) is 0 Å². The minimum atomic E-state index is 0.400. The summed E-state index contributed by atoms with van der Waals surface area (Å²) in [6.45, 7) is 0. The minimum Gasteiger partial charge on any atom is -0.261 e. The molecule has 0 bridgehead atoms. The second-order valence-electron chi connectivity index (χ2n) is 4.10. The molecule has 2 aliphatic rings. The van der Waals surface area contributed by atoms with E-state index in [1.807, 2.05) is 6.20 Å². The van der Waals surface area contributed by atoms with E-state index in [4.69, 9.17) is 0 Å². The normalized spacial score (nSPS) is 26.4. The van der Waals surface area contributed by atoms with Crippen LogP contribution in [0.5, 0.6) is 0 Å². The van der Waals surface area contributed by atoms with Crippen molar-refractivity contribution in [3.8, 4) is 0 Å². The van der Waals surface area contributed by atoms with E-state index in [0.29, 0.717) is 11.8 Å². The van der Waals surface area contributed by atoms with Crippen LogP contribution in [0.2, 0.25) is 0 Å². The zero-order valence-corrected chi connectivity index (χ0v) is 8.95. The number of fused-ring (bicyclic) bond motifs is 1. The van der Waals surface area contributed by atoms with Gasteiger partial charge in [0.1, 0.15) is 0 Å². The van der Waals surface area contributed by atoms with Gasteiger partial charge in [-0.15, -0.1) is 0 Å². The van der Waals surface area contributed by atoms with Crippen molar-refractivity contribution in [1.82, 2.24) is 0 Å². The van der Waals surface area contributed by atoms with Gasteiger partial charge >= 0.3 is 0 Å². The average molecular weight is 207 g/mol. The summed E-state index contributed by atoms with van der Waals surface area (Å²) in [7, 11) is 0. The van der Waals surface area contributed by atoms with E-state index in [1.54, 1.807) is 0 Å². The first kappa shape index (κ1) is 9.34. The quantitative estimate of drug-likeness (QED) is 0.668. The van der Waals surface area contributed by atoms with E-state index >= 15 is 0 Å². The van der Waals surface area contributed by atoms with Crippen molar-refractivity contribution in [2.24, 2.45) is 10.9 Å². The lowest BCUT2D eigenvalue weighted by Crippen LogP contribution is -2.21. The van der Waals surface area contributed by atoms with Crippen molar-refractivity contribution < 1.29 is 0 Å². The summed E-state index contributed by atoms with van der Waals surface area (Å²) in [5, 5.41) is 0. The Bertz CT molecular complexity index is 491. The summed E-state index contributed by atoms with van der Waals surface area (Å²) in [5.41, 5.74) is 2.52. The van der Waals surface area contributed by atoms with Crippen LogP contribution in [-0.4, -0.2) is 5.71 Å². The highest BCUT2D eigenvalue weighted by Gasteiger charge is 2.25. The van der Waals surface area contributed by atoms with Crippen molar-refractivity contribution >= 4 is 5.71 Å². The molecule has 1 aliphatic heterocycles. The van der Waals surface area contributed by atoms with E-state index in [0.717, 1.165) is 0 Å². The Kier molecular flexibility index (Phi) is 2.30. The summed E-state index contributed by atoms with van der Waals surface area (Å²) < 4.78 is 0. The molecule has 0 saturated heterocycles. The highest BCUT2D eigenvalue weighted by Crippen LogP contribution is 2.32. The maximum Gasteiger partial charge on any atom is 0.0481 e. The van der Waals surface area contributed by atoms with Crippen LogP contribution in [0.25, 0.3) is 0 Å². The fourth-order valence-corrected chi connectivity index (χ4v) is 2.32. The zero-order chi connectivity index (χ0) is 10.8. The standard InChI is InChI=1S/C15H13N/c1-2-6-12(7-3-1)13-10-11-16-15-9-5-4-8-14(13)15/h1-11,13-14H. The van der Waals surface area contributed by atoms with Crippen LogP contribution >= 0.6 is 0 Å². The average Bonchev–Trinajstić information content (AvgIpc) is 2.39. The molecule has 0 amide bonds. The molecule has 78 valence electrons. The topological polar surface area (TPSA) is 12.4 Å². The Balaban J connectivity index is 1.99. The molecule has 1 heterocycles. The van der Waals surface area contributed by atoms with E-state index in [1.165, 1.54) is 11.3 Å². The van der Waals surface area contributed by atoms with Crippen LogP contribution in [0.15, 0.2) is 71.9 Å². The lowest BCUT2D eigenvalue weighted by Gasteiger charge is -2.26. The number of allylic oxidation sites excluding steroid dienone is 5. The molecule has 2 atom stereocenters. The molecule has 0 spiro atoms. The molecule has 0 aromatic heterocycles. The van der Waals surface area contributed by atoms with Crippen LogP contribution < -0.4 is 0 Å². The first-order valence-electron chi connectivity index (χ1n) is 5.59. The predicted molar refractivity (Wildman–Crippen MR) is 67.5 cm³/mol. The van der Waals surface area contributed by atoms with Gasteiger partial charge in [-0.2, -0.15) is 0 Å². The SMILES string of the molecule is C1=CC2=NC=CC(c3ccccc3)C2C=C1. The minimum absolute atomic E-state index is 0.400. The van der Waals surface area contributed by atoms with Crippen LogP contribution in [0.1, 0.15) is 11.5 Å². The van der Waals surface area contributed by atoms with Crippen LogP contribution in [0.4, 0.5) is 0 Å². The number of hydrogen-bond acceptors (Lipinski definition) is 1. The summed E-state index contributed by atoms with van der Waals surface area (Å²) in [4.78, 5) is 4.43. The predicted octanol–water partition coefficient (Wildman–Crippen LogP) is 3.48. The lowest BCUT2D eigenvalue weighted by atomic mass is 9.80. The van der Waals surface area contributed by atoms with Gasteiger partial charge in [-0.3, -0.25) is 4.99 Å². The summed E-state index contributed by atoms with van der Waals surface area (Å²) in [6.07, 6.45) is 12.6.